The zero-order chi connectivity index (χ0) is 57.5. The minimum absolute atomic E-state index is 0.00154. The van der Waals surface area contributed by atoms with Crippen LogP contribution in [-0.2, 0) is 61.1 Å². The standard InChI is InChI=1S/C60H87N3O12/c1-22-46(64)73-31-43(34-25-37(55(4,5)6)49(67)38(26-34)56(7,8)9)61-52(70)62(44(32-74-47(65)23-2)35-27-39(57(10,11)12)50(68)40(28-35)58(13,14)15)54(72)63(53(61)71)45(33-75-48(66)24-3)36-29-41(59(16,17)18)51(69)42(30-36)60(19,20)21/h25-30,43-45,67-69H,22-24,31-33H2,1-21H3. The molecule has 3 atom stereocenters. The Morgan fingerprint density at radius 1 is 0.373 bits per heavy atom. The van der Waals surface area contributed by atoms with E-state index < -0.39 is 105 Å². The lowest BCUT2D eigenvalue weighted by Crippen LogP contribution is -2.59. The third-order valence-electron chi connectivity index (χ3n) is 13.6. The third kappa shape index (κ3) is 13.7. The minimum Gasteiger partial charge on any atom is -0.507 e. The Balaban J connectivity index is 2.53. The predicted molar refractivity (Wildman–Crippen MR) is 294 cm³/mol. The van der Waals surface area contributed by atoms with Gasteiger partial charge in [-0.15, -0.1) is 0 Å². The lowest BCUT2D eigenvalue weighted by molar-refractivity contribution is -0.144. The number of nitrogens with zero attached hydrogens (tertiary/aromatic N) is 3. The van der Waals surface area contributed by atoms with Crippen LogP contribution in [0.15, 0.2) is 50.8 Å². The van der Waals surface area contributed by atoms with Crippen molar-refractivity contribution in [2.75, 3.05) is 19.8 Å². The lowest BCUT2D eigenvalue weighted by atomic mass is 9.77. The molecule has 0 aliphatic heterocycles. The van der Waals surface area contributed by atoms with Crippen molar-refractivity contribution in [3.05, 3.63) is 118 Å². The van der Waals surface area contributed by atoms with Gasteiger partial charge in [0, 0.05) is 19.3 Å². The van der Waals surface area contributed by atoms with E-state index in [-0.39, 0.29) is 53.2 Å². The van der Waals surface area contributed by atoms with Gasteiger partial charge in [-0.25, -0.2) is 28.1 Å². The number of phenols is 3. The molecule has 1 aromatic heterocycles. The number of ether oxygens (including phenoxy) is 3. The van der Waals surface area contributed by atoms with Gasteiger partial charge < -0.3 is 29.5 Å². The summed E-state index contributed by atoms with van der Waals surface area (Å²) in [6, 6.07) is 5.54. The second-order valence-corrected chi connectivity index (χ2v) is 26.0. The topological polar surface area (TPSA) is 206 Å². The fourth-order valence-electron chi connectivity index (χ4n) is 9.15. The normalized spacial score (nSPS) is 14.0. The van der Waals surface area contributed by atoms with Gasteiger partial charge in [0.05, 0.1) is 0 Å². The Morgan fingerprint density at radius 3 is 0.667 bits per heavy atom. The first-order chi connectivity index (χ1) is 34.1. The quantitative estimate of drug-likeness (QED) is 0.0751. The molecule has 0 saturated carbocycles. The van der Waals surface area contributed by atoms with Crippen molar-refractivity contribution in [2.24, 2.45) is 0 Å². The molecule has 4 rings (SSSR count). The van der Waals surface area contributed by atoms with Gasteiger partial charge in [0.15, 0.2) is 0 Å². The summed E-state index contributed by atoms with van der Waals surface area (Å²) in [6.45, 7) is 37.3. The summed E-state index contributed by atoms with van der Waals surface area (Å²) >= 11 is 0. The van der Waals surface area contributed by atoms with E-state index >= 15 is 14.4 Å². The second-order valence-electron chi connectivity index (χ2n) is 26.0. The Kier molecular flexibility index (Phi) is 18.2. The number of rotatable bonds is 15. The van der Waals surface area contributed by atoms with E-state index in [4.69, 9.17) is 14.2 Å². The molecule has 0 aliphatic rings. The largest absolute Gasteiger partial charge is 0.507 e. The Bertz CT molecular complexity index is 2510. The predicted octanol–water partition coefficient (Wildman–Crippen LogP) is 10.7. The average Bonchev–Trinajstić information content (AvgIpc) is 3.27. The molecule has 3 unspecified atom stereocenters. The Labute approximate surface area is 444 Å². The number of benzene rings is 3. The van der Waals surface area contributed by atoms with Gasteiger partial charge in [0.2, 0.25) is 0 Å². The van der Waals surface area contributed by atoms with Crippen molar-refractivity contribution in [1.82, 2.24) is 13.7 Å². The highest BCUT2D eigenvalue weighted by atomic mass is 16.5. The fraction of sp³-hybridized carbons (Fsp3) is 0.600. The number of carbonyl (C=O) groups excluding carboxylic acids is 3. The molecule has 15 nitrogen and oxygen atoms in total. The maximum Gasteiger partial charge on any atom is 0.337 e. The zero-order valence-corrected chi connectivity index (χ0v) is 48.8. The van der Waals surface area contributed by atoms with Crippen molar-refractivity contribution < 1.29 is 43.9 Å². The van der Waals surface area contributed by atoms with Crippen LogP contribution in [0.2, 0.25) is 0 Å². The number of hydrogen-bond donors (Lipinski definition) is 3. The summed E-state index contributed by atoms with van der Waals surface area (Å²) < 4.78 is 20.2. The third-order valence-corrected chi connectivity index (χ3v) is 13.6. The molecule has 0 saturated heterocycles. The van der Waals surface area contributed by atoms with Gasteiger partial charge in [-0.1, -0.05) is 145 Å². The molecule has 1 heterocycles. The summed E-state index contributed by atoms with van der Waals surface area (Å²) in [5, 5.41) is 35.8. The van der Waals surface area contributed by atoms with E-state index in [0.29, 0.717) is 33.4 Å². The number of hydrogen-bond acceptors (Lipinski definition) is 12. The van der Waals surface area contributed by atoms with Gasteiger partial charge >= 0.3 is 35.0 Å². The summed E-state index contributed by atoms with van der Waals surface area (Å²) in [4.78, 5) is 88.3. The van der Waals surface area contributed by atoms with Gasteiger partial charge in [-0.3, -0.25) is 14.4 Å². The van der Waals surface area contributed by atoms with Crippen LogP contribution < -0.4 is 17.1 Å². The number of aromatic hydroxyl groups is 3. The number of carbonyl (C=O) groups is 3. The van der Waals surface area contributed by atoms with Crippen LogP contribution in [-0.4, -0.2) is 66.7 Å². The molecule has 0 radical (unpaired) electrons. The van der Waals surface area contributed by atoms with Crippen molar-refractivity contribution in [3.8, 4) is 17.2 Å². The summed E-state index contributed by atoms with van der Waals surface area (Å²) in [5.74, 6) is -1.94. The highest BCUT2D eigenvalue weighted by Gasteiger charge is 2.38. The highest BCUT2D eigenvalue weighted by Crippen LogP contribution is 2.44. The highest BCUT2D eigenvalue weighted by molar-refractivity contribution is 5.70. The summed E-state index contributed by atoms with van der Waals surface area (Å²) in [5.41, 5.74) is -4.08. The molecule has 75 heavy (non-hydrogen) atoms. The Hall–Kier alpha value is -6.12. The first kappa shape index (κ1) is 61.4. The van der Waals surface area contributed by atoms with Gasteiger partial charge in [-0.05, 0) is 119 Å². The van der Waals surface area contributed by atoms with Crippen molar-refractivity contribution in [1.29, 1.82) is 0 Å². The van der Waals surface area contributed by atoms with Crippen LogP contribution >= 0.6 is 0 Å². The second kappa shape index (κ2) is 22.2. The van der Waals surface area contributed by atoms with Crippen LogP contribution in [0.4, 0.5) is 0 Å². The number of esters is 3. The molecule has 4 aromatic rings. The van der Waals surface area contributed by atoms with Gasteiger partial charge in [-0.2, -0.15) is 0 Å². The van der Waals surface area contributed by atoms with E-state index in [1.165, 1.54) is 0 Å². The maximum absolute atomic E-state index is 16.2. The smallest absolute Gasteiger partial charge is 0.337 e. The molecule has 0 bridgehead atoms. The zero-order valence-electron chi connectivity index (χ0n) is 48.8. The van der Waals surface area contributed by atoms with Crippen molar-refractivity contribution in [3.63, 3.8) is 0 Å². The lowest BCUT2D eigenvalue weighted by Gasteiger charge is -2.33. The molecule has 0 amide bonds. The molecule has 3 aromatic carbocycles. The number of aromatic nitrogens is 3. The molecule has 414 valence electrons. The molecule has 0 fully saturated rings. The van der Waals surface area contributed by atoms with Gasteiger partial charge in [0.25, 0.3) is 0 Å². The van der Waals surface area contributed by atoms with E-state index in [1.807, 2.05) is 125 Å². The number of phenolic OH excluding ortho intramolecular Hbond substituents is 3. The first-order valence-corrected chi connectivity index (χ1v) is 26.2. The van der Waals surface area contributed by atoms with Crippen molar-refractivity contribution >= 4 is 17.9 Å². The molecule has 0 aliphatic carbocycles. The van der Waals surface area contributed by atoms with E-state index in [1.54, 1.807) is 57.2 Å². The molecule has 0 spiro atoms. The van der Waals surface area contributed by atoms with E-state index in [2.05, 4.69) is 0 Å². The SMILES string of the molecule is CCC(=O)OCC(c1cc(C(C)(C)C)c(O)c(C(C)(C)C)c1)n1c(=O)n(C(COC(=O)CC)c2cc(C(C)(C)C)c(O)c(C(C)(C)C)c2)c(=O)n(C(COC(=O)CC)c2cc(C(C)(C)C)c(O)c(C(C)(C)C)c2)c1=O. The van der Waals surface area contributed by atoms with E-state index in [9.17, 15) is 29.7 Å². The van der Waals surface area contributed by atoms with Crippen LogP contribution in [0.25, 0.3) is 0 Å². The summed E-state index contributed by atoms with van der Waals surface area (Å²) in [7, 11) is 0. The van der Waals surface area contributed by atoms with Gasteiger partial charge in [0.1, 0.15) is 55.2 Å². The maximum atomic E-state index is 16.2. The first-order valence-electron chi connectivity index (χ1n) is 26.2. The molecule has 3 N–H and O–H groups in total. The minimum atomic E-state index is -1.48. The molecular weight excluding hydrogens is 955 g/mol. The van der Waals surface area contributed by atoms with Crippen LogP contribution in [0.5, 0.6) is 17.2 Å². The average molecular weight is 1040 g/mol. The van der Waals surface area contributed by atoms with Crippen molar-refractivity contribution in [2.45, 2.75) is 215 Å². The Morgan fingerprint density at radius 2 is 0.533 bits per heavy atom. The van der Waals surface area contributed by atoms with E-state index in [0.717, 1.165) is 13.7 Å². The van der Waals surface area contributed by atoms with Crippen LogP contribution in [0, 0.1) is 0 Å². The molecular formula is C60H87N3O12. The van der Waals surface area contributed by atoms with Crippen LogP contribution in [0.3, 0.4) is 0 Å². The monoisotopic (exact) mass is 1040 g/mol. The van der Waals surface area contributed by atoms with Crippen LogP contribution in [0.1, 0.15) is 233 Å². The summed E-state index contributed by atoms with van der Waals surface area (Å²) in [6.07, 6.45) is -0.175. The molecule has 15 heteroatoms. The fourth-order valence-corrected chi connectivity index (χ4v) is 9.15.